The summed E-state index contributed by atoms with van der Waals surface area (Å²) in [6, 6.07) is 15.1. The van der Waals surface area contributed by atoms with Gasteiger partial charge in [-0.25, -0.2) is 0 Å². The first-order valence-electron chi connectivity index (χ1n) is 10.1. The topological polar surface area (TPSA) is 86.3 Å². The average Bonchev–Trinajstić information content (AvgIpc) is 3.49. The van der Waals surface area contributed by atoms with Crippen molar-refractivity contribution in [2.75, 3.05) is 19.4 Å². The number of carbonyl (C=O) groups excluding carboxylic acids is 1. The molecule has 1 amide bonds. The van der Waals surface area contributed by atoms with E-state index in [0.717, 1.165) is 22.8 Å². The minimum absolute atomic E-state index is 0.0295. The van der Waals surface area contributed by atoms with Crippen LogP contribution in [0.1, 0.15) is 12.7 Å². The monoisotopic (exact) mass is 449 g/mol. The summed E-state index contributed by atoms with van der Waals surface area (Å²) < 4.78 is 12.8. The summed E-state index contributed by atoms with van der Waals surface area (Å²) >= 11 is 1.34. The molecular weight excluding hydrogens is 426 g/mol. The third-order valence-electron chi connectivity index (χ3n) is 4.70. The first kappa shape index (κ1) is 21.6. The van der Waals surface area contributed by atoms with Crippen LogP contribution in [0.2, 0.25) is 0 Å². The van der Waals surface area contributed by atoms with Gasteiger partial charge in [0.25, 0.3) is 0 Å². The van der Waals surface area contributed by atoms with Gasteiger partial charge in [0, 0.05) is 30.7 Å². The van der Waals surface area contributed by atoms with E-state index in [0.29, 0.717) is 24.1 Å². The Labute approximate surface area is 190 Å². The molecule has 0 saturated heterocycles. The Morgan fingerprint density at radius 3 is 2.59 bits per heavy atom. The van der Waals surface area contributed by atoms with Crippen molar-refractivity contribution in [1.29, 1.82) is 0 Å². The average molecular weight is 450 g/mol. The minimum atomic E-state index is -0.0295. The standard InChI is InChI=1S/C23H23N5O3S/c1-3-30-19-8-6-18(7-9-19)28-22(17-10-12-24-13-11-17)25-26-23(28)32-16-21(29)27(2)15-20-5-4-14-31-20/h4-14H,3,15-16H2,1-2H3. The number of hydrogen-bond acceptors (Lipinski definition) is 7. The second kappa shape index (κ2) is 10.1. The highest BCUT2D eigenvalue weighted by Gasteiger charge is 2.19. The fourth-order valence-electron chi connectivity index (χ4n) is 3.10. The van der Waals surface area contributed by atoms with E-state index in [1.165, 1.54) is 11.8 Å². The zero-order valence-electron chi connectivity index (χ0n) is 17.8. The molecule has 9 heteroatoms. The van der Waals surface area contributed by atoms with Crippen LogP contribution in [0.25, 0.3) is 17.1 Å². The number of nitrogens with zero attached hydrogens (tertiary/aromatic N) is 5. The Morgan fingerprint density at radius 2 is 1.91 bits per heavy atom. The van der Waals surface area contributed by atoms with Crippen molar-refractivity contribution in [3.63, 3.8) is 0 Å². The first-order chi connectivity index (χ1) is 15.7. The zero-order valence-corrected chi connectivity index (χ0v) is 18.7. The molecule has 0 aliphatic rings. The van der Waals surface area contributed by atoms with Crippen LogP contribution in [0, 0.1) is 0 Å². The molecule has 3 heterocycles. The van der Waals surface area contributed by atoms with E-state index in [4.69, 9.17) is 9.15 Å². The molecule has 3 aromatic heterocycles. The fraction of sp³-hybridized carbons (Fsp3) is 0.217. The van der Waals surface area contributed by atoms with Gasteiger partial charge in [0.1, 0.15) is 11.5 Å². The van der Waals surface area contributed by atoms with Crippen LogP contribution in [0.15, 0.2) is 76.8 Å². The van der Waals surface area contributed by atoms with Crippen LogP contribution in [-0.2, 0) is 11.3 Å². The molecule has 0 spiro atoms. The second-order valence-electron chi connectivity index (χ2n) is 6.92. The van der Waals surface area contributed by atoms with Gasteiger partial charge < -0.3 is 14.1 Å². The molecule has 164 valence electrons. The molecule has 0 saturated carbocycles. The Kier molecular flexibility index (Phi) is 6.86. The molecule has 0 atom stereocenters. The van der Waals surface area contributed by atoms with Gasteiger partial charge in [0.05, 0.1) is 25.2 Å². The Hall–Kier alpha value is -3.59. The number of thioether (sulfide) groups is 1. The lowest BCUT2D eigenvalue weighted by atomic mass is 10.2. The van der Waals surface area contributed by atoms with Gasteiger partial charge in [-0.05, 0) is 55.5 Å². The lowest BCUT2D eigenvalue weighted by Crippen LogP contribution is -2.27. The van der Waals surface area contributed by atoms with Gasteiger partial charge in [-0.3, -0.25) is 14.3 Å². The number of benzene rings is 1. The molecule has 0 bridgehead atoms. The predicted molar refractivity (Wildman–Crippen MR) is 122 cm³/mol. The van der Waals surface area contributed by atoms with E-state index >= 15 is 0 Å². The van der Waals surface area contributed by atoms with Gasteiger partial charge in [0.15, 0.2) is 11.0 Å². The van der Waals surface area contributed by atoms with Gasteiger partial charge in [-0.1, -0.05) is 11.8 Å². The summed E-state index contributed by atoms with van der Waals surface area (Å²) in [6.07, 6.45) is 5.03. The highest BCUT2D eigenvalue weighted by atomic mass is 32.2. The van der Waals surface area contributed by atoms with Gasteiger partial charge >= 0.3 is 0 Å². The van der Waals surface area contributed by atoms with Crippen molar-refractivity contribution in [2.45, 2.75) is 18.6 Å². The Balaban J connectivity index is 1.57. The fourth-order valence-corrected chi connectivity index (χ4v) is 4.00. The smallest absolute Gasteiger partial charge is 0.233 e. The number of ether oxygens (including phenoxy) is 1. The third kappa shape index (κ3) is 5.00. The van der Waals surface area contributed by atoms with Crippen LogP contribution < -0.4 is 4.74 Å². The van der Waals surface area contributed by atoms with Crippen molar-refractivity contribution in [3.05, 3.63) is 72.9 Å². The molecule has 0 radical (unpaired) electrons. The lowest BCUT2D eigenvalue weighted by Gasteiger charge is -2.16. The second-order valence-corrected chi connectivity index (χ2v) is 7.86. The molecule has 1 aromatic carbocycles. The minimum Gasteiger partial charge on any atom is -0.494 e. The summed E-state index contributed by atoms with van der Waals surface area (Å²) in [5.41, 5.74) is 1.76. The van der Waals surface area contributed by atoms with E-state index < -0.39 is 0 Å². The maximum atomic E-state index is 12.7. The highest BCUT2D eigenvalue weighted by molar-refractivity contribution is 7.99. The number of carbonyl (C=O) groups is 1. The van der Waals surface area contributed by atoms with Crippen LogP contribution in [0.3, 0.4) is 0 Å². The third-order valence-corrected chi connectivity index (χ3v) is 5.62. The number of aromatic nitrogens is 4. The van der Waals surface area contributed by atoms with Gasteiger partial charge in [-0.2, -0.15) is 0 Å². The number of furan rings is 1. The number of hydrogen-bond donors (Lipinski definition) is 0. The van der Waals surface area contributed by atoms with E-state index in [-0.39, 0.29) is 11.7 Å². The Morgan fingerprint density at radius 1 is 1.12 bits per heavy atom. The summed E-state index contributed by atoms with van der Waals surface area (Å²) in [7, 11) is 1.75. The van der Waals surface area contributed by atoms with Crippen molar-refractivity contribution < 1.29 is 13.9 Å². The van der Waals surface area contributed by atoms with Crippen LogP contribution in [0.5, 0.6) is 5.75 Å². The van der Waals surface area contributed by atoms with Crippen molar-refractivity contribution in [2.24, 2.45) is 0 Å². The molecule has 0 N–H and O–H groups in total. The lowest BCUT2D eigenvalue weighted by molar-refractivity contribution is -0.127. The van der Waals surface area contributed by atoms with E-state index in [9.17, 15) is 4.79 Å². The highest BCUT2D eigenvalue weighted by Crippen LogP contribution is 2.29. The summed E-state index contributed by atoms with van der Waals surface area (Å²) in [5.74, 6) is 2.40. The van der Waals surface area contributed by atoms with Crippen LogP contribution >= 0.6 is 11.8 Å². The SMILES string of the molecule is CCOc1ccc(-n2c(SCC(=O)N(C)Cc3ccco3)nnc2-c2ccncc2)cc1. The molecule has 4 aromatic rings. The summed E-state index contributed by atoms with van der Waals surface area (Å²) in [4.78, 5) is 18.4. The number of pyridine rings is 1. The van der Waals surface area contributed by atoms with Crippen molar-refractivity contribution in [3.8, 4) is 22.8 Å². The molecular formula is C23H23N5O3S. The van der Waals surface area contributed by atoms with E-state index in [2.05, 4.69) is 15.2 Å². The predicted octanol–water partition coefficient (Wildman–Crippen LogP) is 4.07. The molecule has 32 heavy (non-hydrogen) atoms. The largest absolute Gasteiger partial charge is 0.494 e. The molecule has 0 aliphatic carbocycles. The molecule has 8 nitrogen and oxygen atoms in total. The van der Waals surface area contributed by atoms with Gasteiger partial charge in [0.2, 0.25) is 5.91 Å². The molecule has 4 rings (SSSR count). The molecule has 0 unspecified atom stereocenters. The number of amides is 1. The Bertz CT molecular complexity index is 1140. The first-order valence-corrected chi connectivity index (χ1v) is 11.1. The van der Waals surface area contributed by atoms with E-state index in [1.807, 2.05) is 60.0 Å². The maximum absolute atomic E-state index is 12.7. The molecule has 0 aliphatic heterocycles. The number of rotatable bonds is 9. The zero-order chi connectivity index (χ0) is 22.3. The quantitative estimate of drug-likeness (QED) is 0.356. The molecule has 0 fully saturated rings. The summed E-state index contributed by atoms with van der Waals surface area (Å²) in [6.45, 7) is 2.97. The van der Waals surface area contributed by atoms with Crippen molar-refractivity contribution >= 4 is 17.7 Å². The normalized spacial score (nSPS) is 10.8. The summed E-state index contributed by atoms with van der Waals surface area (Å²) in [5, 5.41) is 9.39. The van der Waals surface area contributed by atoms with E-state index in [1.54, 1.807) is 30.6 Å². The van der Waals surface area contributed by atoms with Crippen LogP contribution in [0.4, 0.5) is 0 Å². The maximum Gasteiger partial charge on any atom is 0.233 e. The van der Waals surface area contributed by atoms with Crippen LogP contribution in [-0.4, -0.2) is 50.0 Å². The van der Waals surface area contributed by atoms with Gasteiger partial charge in [-0.15, -0.1) is 10.2 Å². The van der Waals surface area contributed by atoms with Crippen molar-refractivity contribution in [1.82, 2.24) is 24.6 Å².